The summed E-state index contributed by atoms with van der Waals surface area (Å²) in [6, 6.07) is 10.8. The maximum atomic E-state index is 12.8. The summed E-state index contributed by atoms with van der Waals surface area (Å²) in [7, 11) is 0. The predicted molar refractivity (Wildman–Crippen MR) is 93.4 cm³/mol. The van der Waals surface area contributed by atoms with E-state index in [1.54, 1.807) is 24.3 Å². The van der Waals surface area contributed by atoms with Crippen LogP contribution < -0.4 is 16.4 Å². The first-order valence-electron chi connectivity index (χ1n) is 7.45. The molecule has 0 heterocycles. The third-order valence-electron chi connectivity index (χ3n) is 2.71. The zero-order valence-electron chi connectivity index (χ0n) is 14.4. The summed E-state index contributed by atoms with van der Waals surface area (Å²) < 4.78 is 33.9. The Kier molecular flexibility index (Phi) is 6.19. The summed E-state index contributed by atoms with van der Waals surface area (Å²) in [6.07, 6.45) is 0. The molecule has 4 nitrogen and oxygen atoms in total. The summed E-state index contributed by atoms with van der Waals surface area (Å²) in [4.78, 5) is 11.4. The number of carbonyl (C=O) groups is 1. The Morgan fingerprint density at radius 1 is 1.23 bits per heavy atom. The van der Waals surface area contributed by atoms with Gasteiger partial charge in [-0.2, -0.15) is 0 Å². The van der Waals surface area contributed by atoms with E-state index in [9.17, 15) is 9.18 Å². The van der Waals surface area contributed by atoms with Crippen LogP contribution in [0.3, 0.4) is 0 Å². The molecule has 0 bridgehead atoms. The number of amides is 1. The van der Waals surface area contributed by atoms with E-state index in [0.29, 0.717) is 12.2 Å². The number of hydrogen-bond donors (Lipinski definition) is 3. The summed E-state index contributed by atoms with van der Waals surface area (Å²) in [5.41, 5.74) is 7.88. The fourth-order valence-corrected chi connectivity index (χ4v) is 1.72. The first-order valence-corrected chi connectivity index (χ1v) is 5.95. The molecule has 0 aliphatic carbocycles. The van der Waals surface area contributed by atoms with Gasteiger partial charge in [0.05, 0.1) is 11.4 Å². The standard InChI is InChI=1S/C15H16FN3O.2ClH/c1-10(20)19-15-7-6-13(8-14(15)17)18-9-11-2-4-12(16)5-3-11;;/h2-8,18H,9,17H2,1H3,(H,19,20);2*1H/i1D3;;. The van der Waals surface area contributed by atoms with Gasteiger partial charge in [0.15, 0.2) is 0 Å². The topological polar surface area (TPSA) is 67.2 Å². The molecule has 4 N–H and O–H groups in total. The van der Waals surface area contributed by atoms with Crippen molar-refractivity contribution in [2.24, 2.45) is 0 Å². The van der Waals surface area contributed by atoms with Gasteiger partial charge < -0.3 is 16.4 Å². The van der Waals surface area contributed by atoms with E-state index in [1.165, 1.54) is 18.2 Å². The third-order valence-corrected chi connectivity index (χ3v) is 2.71. The number of nitrogen functional groups attached to an aromatic ring is 1. The Bertz CT molecular complexity index is 712. The fraction of sp³-hybridized carbons (Fsp3) is 0.133. The molecule has 2 aromatic rings. The number of halogens is 3. The van der Waals surface area contributed by atoms with Crippen LogP contribution in [0.25, 0.3) is 0 Å². The van der Waals surface area contributed by atoms with Gasteiger partial charge in [-0.05, 0) is 35.9 Å². The van der Waals surface area contributed by atoms with Crippen molar-refractivity contribution >= 4 is 47.8 Å². The average molecular weight is 349 g/mol. The van der Waals surface area contributed by atoms with E-state index >= 15 is 0 Å². The molecule has 0 atom stereocenters. The van der Waals surface area contributed by atoms with E-state index in [-0.39, 0.29) is 42.0 Å². The minimum Gasteiger partial charge on any atom is -0.397 e. The van der Waals surface area contributed by atoms with E-state index < -0.39 is 12.8 Å². The van der Waals surface area contributed by atoms with E-state index in [1.807, 2.05) is 0 Å². The van der Waals surface area contributed by atoms with E-state index in [2.05, 4.69) is 10.6 Å². The van der Waals surface area contributed by atoms with Crippen molar-refractivity contribution < 1.29 is 13.3 Å². The molecule has 0 radical (unpaired) electrons. The molecule has 120 valence electrons. The normalized spacial score (nSPS) is 11.8. The quantitative estimate of drug-likeness (QED) is 0.735. The molecule has 0 aromatic heterocycles. The summed E-state index contributed by atoms with van der Waals surface area (Å²) >= 11 is 0. The Hall–Kier alpha value is -1.98. The zero-order valence-corrected chi connectivity index (χ0v) is 13.1. The van der Waals surface area contributed by atoms with Crippen LogP contribution in [0.15, 0.2) is 42.5 Å². The summed E-state index contributed by atoms with van der Waals surface area (Å²) in [5, 5.41) is 5.37. The molecule has 2 aromatic carbocycles. The molecular formula is C15H18Cl2FN3O. The SMILES string of the molecule is Cl.Cl.[2H]C([2H])([2H])C(=O)Nc1ccc(NCc2ccc(F)cc2)cc1N. The second-order valence-electron chi connectivity index (χ2n) is 4.24. The van der Waals surface area contributed by atoms with Crippen LogP contribution in [-0.4, -0.2) is 5.91 Å². The second kappa shape index (κ2) is 9.12. The minimum absolute atomic E-state index is 0. The highest BCUT2D eigenvalue weighted by atomic mass is 35.5. The average Bonchev–Trinajstić information content (AvgIpc) is 2.48. The molecule has 0 fully saturated rings. The van der Waals surface area contributed by atoms with Crippen LogP contribution in [0.5, 0.6) is 0 Å². The highest BCUT2D eigenvalue weighted by Gasteiger charge is 2.02. The maximum absolute atomic E-state index is 12.8. The highest BCUT2D eigenvalue weighted by Crippen LogP contribution is 2.23. The fourth-order valence-electron chi connectivity index (χ4n) is 1.72. The number of hydrogen-bond acceptors (Lipinski definition) is 3. The molecule has 0 saturated carbocycles. The molecular weight excluding hydrogens is 328 g/mol. The van der Waals surface area contributed by atoms with Gasteiger partial charge in [-0.3, -0.25) is 4.79 Å². The van der Waals surface area contributed by atoms with Crippen LogP contribution in [-0.2, 0) is 11.3 Å². The molecule has 0 unspecified atom stereocenters. The molecule has 2 rings (SSSR count). The molecule has 0 saturated heterocycles. The maximum Gasteiger partial charge on any atom is 0.221 e. The lowest BCUT2D eigenvalue weighted by Crippen LogP contribution is -2.08. The lowest BCUT2D eigenvalue weighted by atomic mass is 10.2. The number of carbonyl (C=O) groups excluding carboxylic acids is 1. The van der Waals surface area contributed by atoms with Gasteiger partial charge in [-0.25, -0.2) is 4.39 Å². The van der Waals surface area contributed by atoms with Crippen molar-refractivity contribution in [2.45, 2.75) is 13.4 Å². The van der Waals surface area contributed by atoms with Gasteiger partial charge >= 0.3 is 0 Å². The van der Waals surface area contributed by atoms with E-state index in [4.69, 9.17) is 9.85 Å². The minimum atomic E-state index is -2.73. The molecule has 7 heteroatoms. The van der Waals surface area contributed by atoms with Crippen molar-refractivity contribution in [3.8, 4) is 0 Å². The summed E-state index contributed by atoms with van der Waals surface area (Å²) in [5.74, 6) is -1.39. The Morgan fingerprint density at radius 3 is 2.50 bits per heavy atom. The number of rotatable bonds is 4. The second-order valence-corrected chi connectivity index (χ2v) is 4.24. The van der Waals surface area contributed by atoms with Gasteiger partial charge in [0.25, 0.3) is 0 Å². The third kappa shape index (κ3) is 5.79. The monoisotopic (exact) mass is 348 g/mol. The molecule has 0 aliphatic rings. The van der Waals surface area contributed by atoms with Gasteiger partial charge in [-0.15, -0.1) is 24.8 Å². The van der Waals surface area contributed by atoms with Crippen molar-refractivity contribution in [3.63, 3.8) is 0 Å². The number of anilines is 3. The smallest absolute Gasteiger partial charge is 0.221 e. The zero-order chi connectivity index (χ0) is 17.0. The van der Waals surface area contributed by atoms with Crippen molar-refractivity contribution in [2.75, 3.05) is 16.4 Å². The van der Waals surface area contributed by atoms with Gasteiger partial charge in [-0.1, -0.05) is 12.1 Å². The molecule has 22 heavy (non-hydrogen) atoms. The number of nitrogens with one attached hydrogen (secondary N) is 2. The van der Waals surface area contributed by atoms with Crippen LogP contribution >= 0.6 is 24.8 Å². The Morgan fingerprint density at radius 2 is 1.91 bits per heavy atom. The largest absolute Gasteiger partial charge is 0.397 e. The van der Waals surface area contributed by atoms with Gasteiger partial charge in [0.2, 0.25) is 5.91 Å². The van der Waals surface area contributed by atoms with Crippen LogP contribution in [0.4, 0.5) is 21.5 Å². The number of benzene rings is 2. The first-order chi connectivity index (χ1) is 10.8. The predicted octanol–water partition coefficient (Wildman–Crippen LogP) is 3.82. The van der Waals surface area contributed by atoms with Crippen molar-refractivity contribution in [3.05, 3.63) is 53.8 Å². The lowest BCUT2D eigenvalue weighted by molar-refractivity contribution is -0.114. The summed E-state index contributed by atoms with van der Waals surface area (Å²) in [6.45, 7) is -2.26. The number of nitrogens with two attached hydrogens (primary N) is 1. The molecule has 0 aliphatic heterocycles. The Balaban J connectivity index is 0.00000288. The van der Waals surface area contributed by atoms with Crippen LogP contribution in [0, 0.1) is 5.82 Å². The van der Waals surface area contributed by atoms with Crippen LogP contribution in [0.2, 0.25) is 0 Å². The van der Waals surface area contributed by atoms with Crippen LogP contribution in [0.1, 0.15) is 16.5 Å². The van der Waals surface area contributed by atoms with Crippen molar-refractivity contribution in [1.29, 1.82) is 0 Å². The van der Waals surface area contributed by atoms with Gasteiger partial charge in [0, 0.05) is 23.2 Å². The first kappa shape index (κ1) is 14.9. The molecule has 0 spiro atoms. The highest BCUT2D eigenvalue weighted by molar-refractivity contribution is 5.92. The van der Waals surface area contributed by atoms with E-state index in [0.717, 1.165) is 5.56 Å². The molecule has 1 amide bonds. The van der Waals surface area contributed by atoms with Gasteiger partial charge in [0.1, 0.15) is 5.82 Å². The lowest BCUT2D eigenvalue weighted by Gasteiger charge is -2.10. The van der Waals surface area contributed by atoms with Crippen molar-refractivity contribution in [1.82, 2.24) is 0 Å². The Labute approximate surface area is 145 Å².